The molecule has 0 spiro atoms. The molecular weight excluding hydrogens is 254 g/mol. The zero-order valence-corrected chi connectivity index (χ0v) is 8.89. The van der Waals surface area contributed by atoms with Gasteiger partial charge in [0.15, 0.2) is 3.92 Å². The van der Waals surface area contributed by atoms with Crippen LogP contribution in [0.5, 0.6) is 0 Å². The molecule has 68 valence electrons. The first-order valence-electron chi connectivity index (χ1n) is 3.55. The smallest absolute Gasteiger partial charge is 0.206 e. The van der Waals surface area contributed by atoms with Crippen molar-refractivity contribution < 1.29 is 0 Å². The summed E-state index contributed by atoms with van der Waals surface area (Å²) in [5.41, 5.74) is 1.09. The van der Waals surface area contributed by atoms with Gasteiger partial charge in [0.25, 0.3) is 0 Å². The van der Waals surface area contributed by atoms with Crippen molar-refractivity contribution >= 4 is 32.4 Å². The van der Waals surface area contributed by atoms with Gasteiger partial charge in [0.2, 0.25) is 5.13 Å². The second-order valence-corrected chi connectivity index (χ2v) is 4.57. The van der Waals surface area contributed by atoms with E-state index in [2.05, 4.69) is 41.6 Å². The van der Waals surface area contributed by atoms with Crippen molar-refractivity contribution in [2.75, 3.05) is 5.32 Å². The minimum atomic E-state index is 0.706. The molecule has 0 saturated heterocycles. The Balaban J connectivity index is 1.93. The summed E-state index contributed by atoms with van der Waals surface area (Å²) in [4.78, 5) is 0. The minimum Gasteiger partial charge on any atom is -0.356 e. The average molecular weight is 260 g/mol. The van der Waals surface area contributed by atoms with E-state index in [0.717, 1.165) is 14.6 Å². The standard InChI is InChI=1S/C6H6BrN5S/c7-5-11-12-6(13-5)8-1-4-2-9-10-3-4/h2-3H,1H2,(H,8,12)(H,9,10). The van der Waals surface area contributed by atoms with Crippen LogP contribution in [-0.4, -0.2) is 20.4 Å². The minimum absolute atomic E-state index is 0.706. The number of anilines is 1. The predicted molar refractivity (Wildman–Crippen MR) is 53.5 cm³/mol. The van der Waals surface area contributed by atoms with Crippen LogP contribution in [0.3, 0.4) is 0 Å². The van der Waals surface area contributed by atoms with Crippen LogP contribution in [-0.2, 0) is 6.54 Å². The van der Waals surface area contributed by atoms with E-state index in [1.165, 1.54) is 11.3 Å². The van der Waals surface area contributed by atoms with Crippen LogP contribution in [0.4, 0.5) is 5.13 Å². The molecule has 0 aliphatic rings. The van der Waals surface area contributed by atoms with Gasteiger partial charge in [-0.1, -0.05) is 11.3 Å². The van der Waals surface area contributed by atoms with E-state index in [0.29, 0.717) is 6.54 Å². The van der Waals surface area contributed by atoms with Gasteiger partial charge in [-0.15, -0.1) is 10.2 Å². The summed E-state index contributed by atoms with van der Waals surface area (Å²) >= 11 is 4.70. The van der Waals surface area contributed by atoms with Crippen LogP contribution in [0.25, 0.3) is 0 Å². The molecule has 2 heterocycles. The SMILES string of the molecule is Brc1nnc(NCc2cn[nH]c2)s1. The molecule has 2 aromatic rings. The topological polar surface area (TPSA) is 66.5 Å². The molecule has 2 aromatic heterocycles. The molecule has 0 aromatic carbocycles. The molecule has 0 aliphatic heterocycles. The molecule has 0 radical (unpaired) electrons. The third kappa shape index (κ3) is 2.25. The number of rotatable bonds is 3. The lowest BCUT2D eigenvalue weighted by molar-refractivity contribution is 1.04. The average Bonchev–Trinajstić information content (AvgIpc) is 2.71. The Labute approximate surface area is 86.7 Å². The molecule has 0 saturated carbocycles. The van der Waals surface area contributed by atoms with E-state index in [1.54, 1.807) is 6.20 Å². The fourth-order valence-electron chi connectivity index (χ4n) is 0.829. The fourth-order valence-corrected chi connectivity index (χ4v) is 1.84. The summed E-state index contributed by atoms with van der Waals surface area (Å²) in [6, 6.07) is 0. The largest absolute Gasteiger partial charge is 0.356 e. The van der Waals surface area contributed by atoms with E-state index in [1.807, 2.05) is 6.20 Å². The Bertz CT molecular complexity index is 370. The van der Waals surface area contributed by atoms with Crippen molar-refractivity contribution in [3.05, 3.63) is 21.9 Å². The molecule has 5 nitrogen and oxygen atoms in total. The van der Waals surface area contributed by atoms with E-state index in [4.69, 9.17) is 0 Å². The van der Waals surface area contributed by atoms with Crippen molar-refractivity contribution in [1.82, 2.24) is 20.4 Å². The molecule has 0 bridgehead atoms. The van der Waals surface area contributed by atoms with Crippen LogP contribution in [0.15, 0.2) is 16.3 Å². The summed E-state index contributed by atoms with van der Waals surface area (Å²) in [6.07, 6.45) is 3.60. The first kappa shape index (κ1) is 8.64. The monoisotopic (exact) mass is 259 g/mol. The van der Waals surface area contributed by atoms with Gasteiger partial charge < -0.3 is 5.32 Å². The van der Waals surface area contributed by atoms with E-state index in [-0.39, 0.29) is 0 Å². The molecule has 0 fully saturated rings. The number of hydrogen-bond acceptors (Lipinski definition) is 5. The first-order chi connectivity index (χ1) is 6.34. The van der Waals surface area contributed by atoms with Gasteiger partial charge in [-0.25, -0.2) is 0 Å². The van der Waals surface area contributed by atoms with Gasteiger partial charge in [-0.2, -0.15) is 5.10 Å². The Morgan fingerprint density at radius 3 is 3.08 bits per heavy atom. The lowest BCUT2D eigenvalue weighted by Crippen LogP contribution is -1.97. The highest BCUT2D eigenvalue weighted by Gasteiger charge is 2.00. The van der Waals surface area contributed by atoms with Crippen LogP contribution in [0.2, 0.25) is 0 Å². The molecular formula is C6H6BrN5S. The highest BCUT2D eigenvalue weighted by atomic mass is 79.9. The highest BCUT2D eigenvalue weighted by molar-refractivity contribution is 9.11. The Morgan fingerprint density at radius 2 is 2.46 bits per heavy atom. The van der Waals surface area contributed by atoms with Crippen molar-refractivity contribution in [3.63, 3.8) is 0 Å². The highest BCUT2D eigenvalue weighted by Crippen LogP contribution is 2.20. The van der Waals surface area contributed by atoms with Crippen molar-refractivity contribution in [2.45, 2.75) is 6.54 Å². The third-order valence-corrected chi connectivity index (χ3v) is 2.71. The normalized spacial score (nSPS) is 10.2. The van der Waals surface area contributed by atoms with Gasteiger partial charge in [0.05, 0.1) is 6.20 Å². The van der Waals surface area contributed by atoms with Gasteiger partial charge >= 0.3 is 0 Å². The second kappa shape index (κ2) is 3.84. The summed E-state index contributed by atoms with van der Waals surface area (Å²) in [5, 5.41) is 18.2. The van der Waals surface area contributed by atoms with Gasteiger partial charge in [0, 0.05) is 18.3 Å². The van der Waals surface area contributed by atoms with Gasteiger partial charge in [-0.05, 0) is 15.9 Å². The zero-order chi connectivity index (χ0) is 9.10. The molecule has 0 atom stereocenters. The third-order valence-electron chi connectivity index (χ3n) is 1.40. The molecule has 2 rings (SSSR count). The quantitative estimate of drug-likeness (QED) is 0.880. The zero-order valence-electron chi connectivity index (χ0n) is 6.49. The molecule has 0 aliphatic carbocycles. The molecule has 0 unspecified atom stereocenters. The molecule has 0 amide bonds. The van der Waals surface area contributed by atoms with Crippen LogP contribution in [0, 0.1) is 0 Å². The summed E-state index contributed by atoms with van der Waals surface area (Å²) in [7, 11) is 0. The summed E-state index contributed by atoms with van der Waals surface area (Å²) in [6.45, 7) is 0.706. The predicted octanol–water partition coefficient (Wildman–Crippen LogP) is 1.64. The lowest BCUT2D eigenvalue weighted by atomic mass is 10.4. The van der Waals surface area contributed by atoms with Gasteiger partial charge in [0.1, 0.15) is 0 Å². The van der Waals surface area contributed by atoms with Crippen LogP contribution >= 0.6 is 27.3 Å². The van der Waals surface area contributed by atoms with Crippen LogP contribution < -0.4 is 5.32 Å². The summed E-state index contributed by atoms with van der Waals surface area (Å²) in [5.74, 6) is 0. The Morgan fingerprint density at radius 1 is 1.54 bits per heavy atom. The number of aromatic nitrogens is 4. The summed E-state index contributed by atoms with van der Waals surface area (Å²) < 4.78 is 0.780. The van der Waals surface area contributed by atoms with Crippen molar-refractivity contribution in [3.8, 4) is 0 Å². The molecule has 2 N–H and O–H groups in total. The van der Waals surface area contributed by atoms with E-state index >= 15 is 0 Å². The lowest BCUT2D eigenvalue weighted by Gasteiger charge is -1.96. The number of aromatic amines is 1. The number of H-pyrrole nitrogens is 1. The van der Waals surface area contributed by atoms with E-state index < -0.39 is 0 Å². The Hall–Kier alpha value is -0.950. The fraction of sp³-hybridized carbons (Fsp3) is 0.167. The Kier molecular flexibility index (Phi) is 2.55. The number of nitrogens with one attached hydrogen (secondary N) is 2. The number of hydrogen-bond donors (Lipinski definition) is 2. The van der Waals surface area contributed by atoms with Crippen molar-refractivity contribution in [2.24, 2.45) is 0 Å². The van der Waals surface area contributed by atoms with E-state index in [9.17, 15) is 0 Å². The maximum Gasteiger partial charge on any atom is 0.206 e. The number of nitrogens with zero attached hydrogens (tertiary/aromatic N) is 3. The maximum atomic E-state index is 3.90. The molecule has 13 heavy (non-hydrogen) atoms. The molecule has 7 heteroatoms. The maximum absolute atomic E-state index is 3.90. The van der Waals surface area contributed by atoms with Gasteiger partial charge in [-0.3, -0.25) is 5.10 Å². The number of halogens is 1. The van der Waals surface area contributed by atoms with Crippen molar-refractivity contribution in [1.29, 1.82) is 0 Å². The van der Waals surface area contributed by atoms with Crippen LogP contribution in [0.1, 0.15) is 5.56 Å². The first-order valence-corrected chi connectivity index (χ1v) is 5.16. The second-order valence-electron chi connectivity index (χ2n) is 2.32.